The van der Waals surface area contributed by atoms with Crippen LogP contribution in [-0.4, -0.2) is 16.9 Å². The van der Waals surface area contributed by atoms with Gasteiger partial charge >= 0.3 is 0 Å². The van der Waals surface area contributed by atoms with Gasteiger partial charge in [0.2, 0.25) is 0 Å². The number of nitriles is 1. The Bertz CT molecular complexity index is 543. The molecule has 3 nitrogen and oxygen atoms in total. The van der Waals surface area contributed by atoms with Crippen molar-refractivity contribution in [2.45, 2.75) is 13.1 Å². The van der Waals surface area contributed by atoms with E-state index in [1.807, 2.05) is 30.3 Å². The minimum absolute atomic E-state index is 0.473. The van der Waals surface area contributed by atoms with E-state index in [1.54, 1.807) is 6.20 Å². The zero-order valence-electron chi connectivity index (χ0n) is 10.4. The van der Waals surface area contributed by atoms with Gasteiger partial charge in [-0.1, -0.05) is 30.3 Å². The Kier molecular flexibility index (Phi) is 4.06. The lowest BCUT2D eigenvalue weighted by atomic mass is 10.2. The van der Waals surface area contributed by atoms with E-state index in [2.05, 4.69) is 35.1 Å². The molecule has 0 saturated carbocycles. The Labute approximate surface area is 107 Å². The van der Waals surface area contributed by atoms with Crippen LogP contribution in [0.2, 0.25) is 0 Å². The van der Waals surface area contributed by atoms with Crippen LogP contribution < -0.4 is 0 Å². The van der Waals surface area contributed by atoms with Gasteiger partial charge in [-0.2, -0.15) is 5.26 Å². The fraction of sp³-hybridized carbons (Fsp3) is 0.200. The summed E-state index contributed by atoms with van der Waals surface area (Å²) in [7, 11) is 2.07. The molecule has 18 heavy (non-hydrogen) atoms. The Hall–Kier alpha value is -2.18. The molecule has 90 valence electrons. The molecule has 3 heteroatoms. The second-order valence-corrected chi connectivity index (χ2v) is 4.32. The average Bonchev–Trinajstić information content (AvgIpc) is 2.40. The molecule has 0 radical (unpaired) electrons. The van der Waals surface area contributed by atoms with Crippen LogP contribution in [0, 0.1) is 11.3 Å². The van der Waals surface area contributed by atoms with Gasteiger partial charge in [-0.25, -0.2) is 4.98 Å². The van der Waals surface area contributed by atoms with Gasteiger partial charge in [-0.15, -0.1) is 0 Å². The maximum absolute atomic E-state index is 8.81. The highest BCUT2D eigenvalue weighted by Gasteiger charge is 2.02. The number of rotatable bonds is 4. The summed E-state index contributed by atoms with van der Waals surface area (Å²) in [5.41, 5.74) is 2.87. The molecule has 0 amide bonds. The van der Waals surface area contributed by atoms with Crippen molar-refractivity contribution in [3.8, 4) is 6.07 Å². The van der Waals surface area contributed by atoms with E-state index in [9.17, 15) is 0 Å². The predicted octanol–water partition coefficient (Wildman–Crippen LogP) is 2.59. The molecule has 0 aliphatic carbocycles. The number of benzene rings is 1. The molecule has 0 aliphatic rings. The standard InChI is InChI=1S/C15H15N3/c1-18(11-13-5-3-2-4-6-13)12-14-7-8-17-15(9-14)10-16/h2-9H,11-12H2,1H3. The zero-order chi connectivity index (χ0) is 12.8. The molecule has 0 spiro atoms. The molecule has 0 atom stereocenters. The quantitative estimate of drug-likeness (QED) is 0.820. The SMILES string of the molecule is CN(Cc1ccccc1)Cc1ccnc(C#N)c1. The first-order valence-electron chi connectivity index (χ1n) is 5.85. The molecular weight excluding hydrogens is 222 g/mol. The van der Waals surface area contributed by atoms with Gasteiger partial charge in [0.05, 0.1) is 0 Å². The normalized spacial score (nSPS) is 10.3. The van der Waals surface area contributed by atoms with Crippen molar-refractivity contribution in [3.63, 3.8) is 0 Å². The molecule has 0 unspecified atom stereocenters. The van der Waals surface area contributed by atoms with Crippen LogP contribution >= 0.6 is 0 Å². The number of pyridine rings is 1. The van der Waals surface area contributed by atoms with Crippen LogP contribution in [0.5, 0.6) is 0 Å². The molecule has 0 aliphatic heterocycles. The number of nitrogens with zero attached hydrogens (tertiary/aromatic N) is 3. The van der Waals surface area contributed by atoms with E-state index in [0.29, 0.717) is 5.69 Å². The molecule has 0 saturated heterocycles. The Morgan fingerprint density at radius 3 is 2.56 bits per heavy atom. The predicted molar refractivity (Wildman–Crippen MR) is 70.6 cm³/mol. The monoisotopic (exact) mass is 237 g/mol. The van der Waals surface area contributed by atoms with Crippen molar-refractivity contribution in [1.29, 1.82) is 5.26 Å². The van der Waals surface area contributed by atoms with Crippen molar-refractivity contribution >= 4 is 0 Å². The molecule has 1 aromatic carbocycles. The first kappa shape index (κ1) is 12.3. The first-order chi connectivity index (χ1) is 8.78. The van der Waals surface area contributed by atoms with Crippen LogP contribution in [0.25, 0.3) is 0 Å². The number of hydrogen-bond donors (Lipinski definition) is 0. The smallest absolute Gasteiger partial charge is 0.140 e. The van der Waals surface area contributed by atoms with E-state index in [0.717, 1.165) is 18.7 Å². The number of aromatic nitrogens is 1. The van der Waals surface area contributed by atoms with E-state index >= 15 is 0 Å². The van der Waals surface area contributed by atoms with Crippen molar-refractivity contribution < 1.29 is 0 Å². The third-order valence-corrected chi connectivity index (χ3v) is 2.69. The van der Waals surface area contributed by atoms with Gasteiger partial charge in [0.25, 0.3) is 0 Å². The summed E-state index contributed by atoms with van der Waals surface area (Å²) in [5, 5.41) is 8.81. The molecule has 1 aromatic heterocycles. The van der Waals surface area contributed by atoms with Gasteiger partial charge in [0.15, 0.2) is 0 Å². The molecule has 0 fully saturated rings. The lowest BCUT2D eigenvalue weighted by Gasteiger charge is -2.16. The van der Waals surface area contributed by atoms with E-state index in [4.69, 9.17) is 5.26 Å². The third kappa shape index (κ3) is 3.41. The highest BCUT2D eigenvalue weighted by Crippen LogP contribution is 2.08. The summed E-state index contributed by atoms with van der Waals surface area (Å²) in [6.07, 6.45) is 1.68. The van der Waals surface area contributed by atoms with Gasteiger partial charge in [0.1, 0.15) is 11.8 Å². The maximum atomic E-state index is 8.81. The summed E-state index contributed by atoms with van der Waals surface area (Å²) in [5.74, 6) is 0. The maximum Gasteiger partial charge on any atom is 0.140 e. The van der Waals surface area contributed by atoms with Crippen LogP contribution in [0.1, 0.15) is 16.8 Å². The zero-order valence-corrected chi connectivity index (χ0v) is 10.4. The minimum Gasteiger partial charge on any atom is -0.298 e. The number of hydrogen-bond acceptors (Lipinski definition) is 3. The summed E-state index contributed by atoms with van der Waals surface area (Å²) in [4.78, 5) is 6.18. The van der Waals surface area contributed by atoms with Gasteiger partial charge in [-0.05, 0) is 30.3 Å². The van der Waals surface area contributed by atoms with Gasteiger partial charge < -0.3 is 0 Å². The summed E-state index contributed by atoms with van der Waals surface area (Å²) >= 11 is 0. The molecule has 2 aromatic rings. The highest BCUT2D eigenvalue weighted by molar-refractivity contribution is 5.25. The van der Waals surface area contributed by atoms with Crippen LogP contribution in [0.3, 0.4) is 0 Å². The molecule has 0 N–H and O–H groups in total. The largest absolute Gasteiger partial charge is 0.298 e. The second-order valence-electron chi connectivity index (χ2n) is 4.32. The fourth-order valence-corrected chi connectivity index (χ4v) is 1.90. The Balaban J connectivity index is 1.99. The minimum atomic E-state index is 0.473. The lowest BCUT2D eigenvalue weighted by Crippen LogP contribution is -2.17. The van der Waals surface area contributed by atoms with E-state index in [1.165, 1.54) is 5.56 Å². The average molecular weight is 237 g/mol. The van der Waals surface area contributed by atoms with Crippen molar-refractivity contribution in [2.24, 2.45) is 0 Å². The first-order valence-corrected chi connectivity index (χ1v) is 5.85. The van der Waals surface area contributed by atoms with Crippen molar-refractivity contribution in [3.05, 3.63) is 65.5 Å². The van der Waals surface area contributed by atoms with Crippen LogP contribution in [0.4, 0.5) is 0 Å². The molecular formula is C15H15N3. The van der Waals surface area contributed by atoms with Gasteiger partial charge in [-0.3, -0.25) is 4.90 Å². The van der Waals surface area contributed by atoms with Crippen molar-refractivity contribution in [1.82, 2.24) is 9.88 Å². The van der Waals surface area contributed by atoms with E-state index < -0.39 is 0 Å². The molecule has 1 heterocycles. The fourth-order valence-electron chi connectivity index (χ4n) is 1.90. The van der Waals surface area contributed by atoms with Gasteiger partial charge in [0, 0.05) is 19.3 Å². The molecule has 2 rings (SSSR count). The lowest BCUT2D eigenvalue weighted by molar-refractivity contribution is 0.319. The van der Waals surface area contributed by atoms with Crippen molar-refractivity contribution in [2.75, 3.05) is 7.05 Å². The highest BCUT2D eigenvalue weighted by atomic mass is 15.1. The summed E-state index contributed by atoms with van der Waals surface area (Å²) < 4.78 is 0. The van der Waals surface area contributed by atoms with E-state index in [-0.39, 0.29) is 0 Å². The second kappa shape index (κ2) is 5.95. The summed E-state index contributed by atoms with van der Waals surface area (Å²) in [6.45, 7) is 1.71. The van der Waals surface area contributed by atoms with Crippen LogP contribution in [-0.2, 0) is 13.1 Å². The topological polar surface area (TPSA) is 39.9 Å². The Morgan fingerprint density at radius 2 is 1.83 bits per heavy atom. The third-order valence-electron chi connectivity index (χ3n) is 2.69. The Morgan fingerprint density at radius 1 is 1.11 bits per heavy atom. The summed E-state index contributed by atoms with van der Waals surface area (Å²) in [6, 6.07) is 16.2. The molecule has 0 bridgehead atoms. The van der Waals surface area contributed by atoms with Crippen LogP contribution in [0.15, 0.2) is 48.7 Å².